The lowest BCUT2D eigenvalue weighted by molar-refractivity contribution is 0.375. The molecule has 0 saturated carbocycles. The van der Waals surface area contributed by atoms with Crippen molar-refractivity contribution in [3.63, 3.8) is 0 Å². The maximum absolute atomic E-state index is 12.2. The van der Waals surface area contributed by atoms with Crippen LogP contribution in [0.2, 0.25) is 0 Å². The molecular formula is C13H19ClN4O2S. The standard InChI is InChI=1S/C13H18N4O2S.ClH/c18-20(19,15-9-10-4-3-7-14-8-10)13-16-11-5-1-2-6-12(11)17-13;/h1-2,5-6,10,14-15H,3-4,7-9H2,(H,16,17);1H. The minimum Gasteiger partial charge on any atom is -0.328 e. The predicted octanol–water partition coefficient (Wildman–Crippen LogP) is 1.26. The lowest BCUT2D eigenvalue weighted by Gasteiger charge is -2.22. The van der Waals surface area contributed by atoms with Crippen molar-refractivity contribution in [3.8, 4) is 0 Å². The summed E-state index contributed by atoms with van der Waals surface area (Å²) in [7, 11) is -3.57. The number of para-hydroxylation sites is 2. The third-order valence-corrected chi connectivity index (χ3v) is 4.83. The Labute approximate surface area is 130 Å². The summed E-state index contributed by atoms with van der Waals surface area (Å²) in [4.78, 5) is 6.97. The van der Waals surface area contributed by atoms with Gasteiger partial charge in [0, 0.05) is 6.54 Å². The molecule has 1 aromatic heterocycles. The fraction of sp³-hybridized carbons (Fsp3) is 0.462. The van der Waals surface area contributed by atoms with Gasteiger partial charge in [-0.25, -0.2) is 18.1 Å². The van der Waals surface area contributed by atoms with Crippen molar-refractivity contribution >= 4 is 33.5 Å². The predicted molar refractivity (Wildman–Crippen MR) is 84.1 cm³/mol. The van der Waals surface area contributed by atoms with E-state index in [1.807, 2.05) is 18.2 Å². The van der Waals surface area contributed by atoms with E-state index >= 15 is 0 Å². The van der Waals surface area contributed by atoms with Crippen molar-refractivity contribution in [2.75, 3.05) is 19.6 Å². The van der Waals surface area contributed by atoms with Crippen LogP contribution in [0.25, 0.3) is 11.0 Å². The average molecular weight is 331 g/mol. The van der Waals surface area contributed by atoms with E-state index in [9.17, 15) is 8.42 Å². The van der Waals surface area contributed by atoms with E-state index in [0.717, 1.165) is 31.4 Å². The summed E-state index contributed by atoms with van der Waals surface area (Å²) in [6.07, 6.45) is 2.15. The van der Waals surface area contributed by atoms with Crippen LogP contribution < -0.4 is 10.0 Å². The molecule has 0 spiro atoms. The van der Waals surface area contributed by atoms with Crippen molar-refractivity contribution < 1.29 is 8.42 Å². The van der Waals surface area contributed by atoms with Gasteiger partial charge < -0.3 is 10.3 Å². The van der Waals surface area contributed by atoms with Gasteiger partial charge in [0.15, 0.2) is 0 Å². The van der Waals surface area contributed by atoms with Gasteiger partial charge in [-0.05, 0) is 44.0 Å². The Morgan fingerprint density at radius 3 is 2.86 bits per heavy atom. The number of halogens is 1. The third kappa shape index (κ3) is 3.74. The van der Waals surface area contributed by atoms with Crippen molar-refractivity contribution in [1.29, 1.82) is 0 Å². The Morgan fingerprint density at radius 1 is 1.33 bits per heavy atom. The molecule has 1 aliphatic rings. The van der Waals surface area contributed by atoms with Crippen molar-refractivity contribution in [2.45, 2.75) is 18.0 Å². The van der Waals surface area contributed by atoms with Gasteiger partial charge in [-0.3, -0.25) is 0 Å². The Balaban J connectivity index is 0.00000161. The molecule has 1 aromatic carbocycles. The molecule has 1 atom stereocenters. The molecule has 1 aliphatic heterocycles. The van der Waals surface area contributed by atoms with Crippen LogP contribution in [0.5, 0.6) is 0 Å². The van der Waals surface area contributed by atoms with Gasteiger partial charge in [0.25, 0.3) is 10.0 Å². The van der Waals surface area contributed by atoms with Crippen molar-refractivity contribution in [1.82, 2.24) is 20.0 Å². The number of sulfonamides is 1. The minimum absolute atomic E-state index is 0. The summed E-state index contributed by atoms with van der Waals surface area (Å²) in [5.74, 6) is 0.350. The molecule has 0 aliphatic carbocycles. The molecule has 1 fully saturated rings. The number of hydrogen-bond acceptors (Lipinski definition) is 4. The molecule has 3 rings (SSSR count). The summed E-state index contributed by atoms with van der Waals surface area (Å²) in [5, 5.41) is 3.26. The molecule has 21 heavy (non-hydrogen) atoms. The Hall–Kier alpha value is -1.15. The molecule has 0 radical (unpaired) electrons. The fourth-order valence-electron chi connectivity index (χ4n) is 2.45. The van der Waals surface area contributed by atoms with Crippen LogP contribution in [0.1, 0.15) is 12.8 Å². The second-order valence-electron chi connectivity index (χ2n) is 5.12. The number of rotatable bonds is 4. The summed E-state index contributed by atoms with van der Waals surface area (Å²) in [6.45, 7) is 2.34. The van der Waals surface area contributed by atoms with Crippen LogP contribution in [0.15, 0.2) is 29.4 Å². The van der Waals surface area contributed by atoms with E-state index < -0.39 is 10.0 Å². The van der Waals surface area contributed by atoms with E-state index in [1.165, 1.54) is 0 Å². The van der Waals surface area contributed by atoms with E-state index in [0.29, 0.717) is 18.0 Å². The molecule has 0 bridgehead atoms. The zero-order valence-electron chi connectivity index (χ0n) is 11.5. The van der Waals surface area contributed by atoms with Gasteiger partial charge in [-0.1, -0.05) is 12.1 Å². The lowest BCUT2D eigenvalue weighted by Crippen LogP contribution is -2.38. The number of hydrogen-bond donors (Lipinski definition) is 3. The van der Waals surface area contributed by atoms with Gasteiger partial charge in [0.05, 0.1) is 11.0 Å². The number of benzene rings is 1. The quantitative estimate of drug-likeness (QED) is 0.787. The number of nitrogens with zero attached hydrogens (tertiary/aromatic N) is 1. The van der Waals surface area contributed by atoms with E-state index in [2.05, 4.69) is 20.0 Å². The van der Waals surface area contributed by atoms with Gasteiger partial charge in [0.1, 0.15) is 0 Å². The zero-order valence-corrected chi connectivity index (χ0v) is 13.1. The molecule has 116 valence electrons. The highest BCUT2D eigenvalue weighted by molar-refractivity contribution is 7.89. The normalized spacial score (nSPS) is 19.3. The number of fused-ring (bicyclic) bond motifs is 1. The Morgan fingerprint density at radius 2 is 2.14 bits per heavy atom. The van der Waals surface area contributed by atoms with E-state index in [1.54, 1.807) is 6.07 Å². The zero-order chi connectivity index (χ0) is 14.0. The summed E-state index contributed by atoms with van der Waals surface area (Å²) in [6, 6.07) is 7.28. The first-order valence-corrected chi connectivity index (χ1v) is 8.28. The molecule has 8 heteroatoms. The average Bonchev–Trinajstić information content (AvgIpc) is 2.91. The van der Waals surface area contributed by atoms with Gasteiger partial charge in [-0.15, -0.1) is 12.4 Å². The highest BCUT2D eigenvalue weighted by Crippen LogP contribution is 2.14. The van der Waals surface area contributed by atoms with Crippen molar-refractivity contribution in [2.24, 2.45) is 5.92 Å². The van der Waals surface area contributed by atoms with Crippen molar-refractivity contribution in [3.05, 3.63) is 24.3 Å². The van der Waals surface area contributed by atoms with E-state index in [-0.39, 0.29) is 17.6 Å². The molecule has 6 nitrogen and oxygen atoms in total. The molecule has 1 saturated heterocycles. The Kier molecular flexibility index (Phi) is 5.21. The second kappa shape index (κ2) is 6.74. The number of aromatic nitrogens is 2. The molecule has 0 amide bonds. The molecule has 3 N–H and O–H groups in total. The summed E-state index contributed by atoms with van der Waals surface area (Å²) < 4.78 is 27.1. The van der Waals surface area contributed by atoms with Crippen LogP contribution in [0.4, 0.5) is 0 Å². The lowest BCUT2D eigenvalue weighted by atomic mass is 10.0. The molecule has 1 unspecified atom stereocenters. The number of nitrogens with one attached hydrogen (secondary N) is 3. The Bertz CT molecular complexity index is 662. The topological polar surface area (TPSA) is 86.9 Å². The van der Waals surface area contributed by atoms with Crippen LogP contribution in [-0.4, -0.2) is 38.0 Å². The van der Waals surface area contributed by atoms with Crippen LogP contribution in [0.3, 0.4) is 0 Å². The SMILES string of the molecule is Cl.O=S(=O)(NCC1CCCNC1)c1nc2ccccc2[nH]1. The number of piperidine rings is 1. The fourth-order valence-corrected chi connectivity index (χ4v) is 3.51. The molecule has 2 heterocycles. The maximum atomic E-state index is 12.2. The maximum Gasteiger partial charge on any atom is 0.274 e. The number of imidazole rings is 1. The smallest absolute Gasteiger partial charge is 0.274 e. The van der Waals surface area contributed by atoms with E-state index in [4.69, 9.17) is 0 Å². The van der Waals surface area contributed by atoms with Gasteiger partial charge in [0.2, 0.25) is 5.16 Å². The van der Waals surface area contributed by atoms with Gasteiger partial charge in [-0.2, -0.15) is 0 Å². The molecular weight excluding hydrogens is 312 g/mol. The third-order valence-electron chi connectivity index (χ3n) is 3.58. The first kappa shape index (κ1) is 16.2. The second-order valence-corrected chi connectivity index (χ2v) is 6.81. The first-order valence-electron chi connectivity index (χ1n) is 6.80. The van der Waals surface area contributed by atoms with Crippen LogP contribution in [-0.2, 0) is 10.0 Å². The number of H-pyrrole nitrogens is 1. The first-order chi connectivity index (χ1) is 9.65. The highest BCUT2D eigenvalue weighted by Gasteiger charge is 2.21. The van der Waals surface area contributed by atoms with Crippen LogP contribution in [0, 0.1) is 5.92 Å². The summed E-state index contributed by atoms with van der Waals surface area (Å²) >= 11 is 0. The van der Waals surface area contributed by atoms with Crippen LogP contribution >= 0.6 is 12.4 Å². The largest absolute Gasteiger partial charge is 0.328 e. The summed E-state index contributed by atoms with van der Waals surface area (Å²) in [5.41, 5.74) is 1.39. The number of aromatic amines is 1. The minimum atomic E-state index is -3.57. The van der Waals surface area contributed by atoms with Gasteiger partial charge >= 0.3 is 0 Å². The monoisotopic (exact) mass is 330 g/mol. The molecule has 2 aromatic rings. The highest BCUT2D eigenvalue weighted by atomic mass is 35.5.